The minimum absolute atomic E-state index is 0.121. The molecule has 1 aromatic rings. The van der Waals surface area contributed by atoms with Crippen molar-refractivity contribution in [3.63, 3.8) is 0 Å². The first kappa shape index (κ1) is 21.7. The summed E-state index contributed by atoms with van der Waals surface area (Å²) < 4.78 is 13.4. The van der Waals surface area contributed by atoms with Crippen molar-refractivity contribution in [2.24, 2.45) is 5.92 Å². The fourth-order valence-corrected chi connectivity index (χ4v) is 3.76. The molecule has 1 fully saturated rings. The lowest BCUT2D eigenvalue weighted by Crippen LogP contribution is -2.48. The van der Waals surface area contributed by atoms with E-state index in [2.05, 4.69) is 12.2 Å². The van der Waals surface area contributed by atoms with Crippen molar-refractivity contribution < 1.29 is 14.0 Å². The predicted molar refractivity (Wildman–Crippen MR) is 106 cm³/mol. The minimum Gasteiger partial charge on any atom is -0.351 e. The van der Waals surface area contributed by atoms with Gasteiger partial charge in [-0.3, -0.25) is 9.59 Å². The molecule has 0 aliphatic heterocycles. The Morgan fingerprint density at radius 3 is 2.41 bits per heavy atom. The molecule has 0 bridgehead atoms. The number of hydrogen-bond donors (Lipinski definition) is 1. The molecule has 150 valence electrons. The van der Waals surface area contributed by atoms with Gasteiger partial charge in [-0.2, -0.15) is 0 Å². The molecule has 0 radical (unpaired) electrons. The van der Waals surface area contributed by atoms with Crippen molar-refractivity contribution in [3.8, 4) is 0 Å². The van der Waals surface area contributed by atoms with E-state index in [1.165, 1.54) is 17.0 Å². The molecule has 6 heteroatoms. The Morgan fingerprint density at radius 2 is 1.85 bits per heavy atom. The van der Waals surface area contributed by atoms with Gasteiger partial charge in [-0.25, -0.2) is 4.39 Å². The predicted octanol–water partition coefficient (Wildman–Crippen LogP) is 4.43. The van der Waals surface area contributed by atoms with E-state index in [1.807, 2.05) is 6.92 Å². The van der Waals surface area contributed by atoms with Crippen molar-refractivity contribution in [1.29, 1.82) is 0 Å². The third kappa shape index (κ3) is 6.20. The Hall–Kier alpha value is -1.62. The number of carbonyl (C=O) groups excluding carboxylic acids is 2. The molecule has 1 aromatic carbocycles. The van der Waals surface area contributed by atoms with E-state index in [0.29, 0.717) is 18.0 Å². The van der Waals surface area contributed by atoms with Gasteiger partial charge in [0.1, 0.15) is 17.7 Å². The molecule has 1 aliphatic rings. The van der Waals surface area contributed by atoms with Crippen LogP contribution >= 0.6 is 11.6 Å². The Morgan fingerprint density at radius 1 is 1.22 bits per heavy atom. The van der Waals surface area contributed by atoms with Crippen LogP contribution in [0, 0.1) is 11.7 Å². The number of rotatable bonds is 8. The van der Waals surface area contributed by atoms with E-state index >= 15 is 0 Å². The van der Waals surface area contributed by atoms with Gasteiger partial charge in [0.05, 0.1) is 0 Å². The first-order chi connectivity index (χ1) is 13.0. The molecule has 0 spiro atoms. The van der Waals surface area contributed by atoms with Crippen LogP contribution in [-0.2, 0) is 9.59 Å². The number of nitrogens with one attached hydrogen (secondary N) is 1. The van der Waals surface area contributed by atoms with Gasteiger partial charge in [-0.05, 0) is 55.7 Å². The standard InChI is InChI=1S/C21H30ClFN2O2/c1-3-4-13-25(19(26)14-22)20(16-7-9-17(23)10-8-16)21(27)24-18-11-5-15(2)6-12-18/h7-10,15,18,20H,3-6,11-14H2,1-2H3,(H,24,27)/t15?,18?,20-/m0/s1. The zero-order chi connectivity index (χ0) is 19.8. The van der Waals surface area contributed by atoms with E-state index in [0.717, 1.165) is 38.5 Å². The topological polar surface area (TPSA) is 49.4 Å². The average molecular weight is 397 g/mol. The molecular weight excluding hydrogens is 367 g/mol. The lowest BCUT2D eigenvalue weighted by molar-refractivity contribution is -0.139. The maximum absolute atomic E-state index is 13.4. The molecule has 4 nitrogen and oxygen atoms in total. The molecule has 0 saturated heterocycles. The van der Waals surface area contributed by atoms with E-state index in [4.69, 9.17) is 11.6 Å². The first-order valence-corrected chi connectivity index (χ1v) is 10.4. The Bertz CT molecular complexity index is 615. The molecule has 1 N–H and O–H groups in total. The number of carbonyl (C=O) groups is 2. The normalized spacial score (nSPS) is 20.7. The van der Waals surface area contributed by atoms with Crippen LogP contribution in [0.2, 0.25) is 0 Å². The fraction of sp³-hybridized carbons (Fsp3) is 0.619. The van der Waals surface area contributed by atoms with Crippen molar-refractivity contribution in [2.75, 3.05) is 12.4 Å². The van der Waals surface area contributed by atoms with Crippen LogP contribution in [0.25, 0.3) is 0 Å². The van der Waals surface area contributed by atoms with Crippen LogP contribution in [0.5, 0.6) is 0 Å². The van der Waals surface area contributed by atoms with Crippen LogP contribution in [-0.4, -0.2) is 35.2 Å². The number of unbranched alkanes of at least 4 members (excludes halogenated alkanes) is 1. The summed E-state index contributed by atoms with van der Waals surface area (Å²) in [5.41, 5.74) is 0.604. The van der Waals surface area contributed by atoms with Gasteiger partial charge >= 0.3 is 0 Å². The van der Waals surface area contributed by atoms with Gasteiger partial charge in [-0.15, -0.1) is 11.6 Å². The zero-order valence-electron chi connectivity index (χ0n) is 16.2. The Labute approximate surface area is 166 Å². The number of hydrogen-bond acceptors (Lipinski definition) is 2. The highest BCUT2D eigenvalue weighted by Gasteiger charge is 2.32. The van der Waals surface area contributed by atoms with Gasteiger partial charge < -0.3 is 10.2 Å². The first-order valence-electron chi connectivity index (χ1n) is 9.87. The van der Waals surface area contributed by atoms with Crippen molar-refractivity contribution in [3.05, 3.63) is 35.6 Å². The van der Waals surface area contributed by atoms with E-state index in [1.54, 1.807) is 12.1 Å². The average Bonchev–Trinajstić information content (AvgIpc) is 2.67. The molecule has 1 saturated carbocycles. The third-order valence-electron chi connectivity index (χ3n) is 5.30. The number of halogens is 2. The summed E-state index contributed by atoms with van der Waals surface area (Å²) in [6.07, 6.45) is 5.74. The van der Waals surface area contributed by atoms with Crippen molar-refractivity contribution in [2.45, 2.75) is 64.5 Å². The van der Waals surface area contributed by atoms with Crippen LogP contribution in [0.3, 0.4) is 0 Å². The largest absolute Gasteiger partial charge is 0.351 e. The molecular formula is C21H30ClFN2O2. The zero-order valence-corrected chi connectivity index (χ0v) is 17.0. The minimum atomic E-state index is -0.789. The molecule has 27 heavy (non-hydrogen) atoms. The Kier molecular flexibility index (Phi) is 8.55. The lowest BCUT2D eigenvalue weighted by Gasteiger charge is -2.34. The number of nitrogens with zero attached hydrogens (tertiary/aromatic N) is 1. The van der Waals surface area contributed by atoms with Crippen molar-refractivity contribution >= 4 is 23.4 Å². The monoisotopic (exact) mass is 396 g/mol. The summed E-state index contributed by atoms with van der Waals surface area (Å²) >= 11 is 5.81. The molecule has 2 rings (SSSR count). The second-order valence-electron chi connectivity index (χ2n) is 7.49. The second-order valence-corrected chi connectivity index (χ2v) is 7.76. The number of amides is 2. The summed E-state index contributed by atoms with van der Waals surface area (Å²) in [4.78, 5) is 27.2. The van der Waals surface area contributed by atoms with Crippen LogP contribution in [0.15, 0.2) is 24.3 Å². The second kappa shape index (κ2) is 10.6. The fourth-order valence-electron chi connectivity index (χ4n) is 3.61. The van der Waals surface area contributed by atoms with Gasteiger partial charge in [0.15, 0.2) is 0 Å². The van der Waals surface area contributed by atoms with Crippen molar-refractivity contribution in [1.82, 2.24) is 10.2 Å². The van der Waals surface area contributed by atoms with Gasteiger partial charge in [0, 0.05) is 12.6 Å². The van der Waals surface area contributed by atoms with Crippen LogP contribution in [0.1, 0.15) is 64.0 Å². The maximum atomic E-state index is 13.4. The summed E-state index contributed by atoms with van der Waals surface area (Å²) in [5.74, 6) is -0.370. The smallest absolute Gasteiger partial charge is 0.247 e. The molecule has 1 aliphatic carbocycles. The number of alkyl halides is 1. The lowest BCUT2D eigenvalue weighted by atomic mass is 9.87. The quantitative estimate of drug-likeness (QED) is 0.661. The van der Waals surface area contributed by atoms with Crippen LogP contribution < -0.4 is 5.32 Å². The summed E-state index contributed by atoms with van der Waals surface area (Å²) in [7, 11) is 0. The van der Waals surface area contributed by atoms with Crippen LogP contribution in [0.4, 0.5) is 4.39 Å². The third-order valence-corrected chi connectivity index (χ3v) is 5.52. The van der Waals surface area contributed by atoms with Gasteiger partial charge in [0.2, 0.25) is 11.8 Å². The van der Waals surface area contributed by atoms with E-state index < -0.39 is 6.04 Å². The SMILES string of the molecule is CCCCN(C(=O)CCl)[C@H](C(=O)NC1CCC(C)CC1)c1ccc(F)cc1. The molecule has 0 unspecified atom stereocenters. The Balaban J connectivity index is 2.25. The molecule has 0 aromatic heterocycles. The van der Waals surface area contributed by atoms with Gasteiger partial charge in [-0.1, -0.05) is 32.4 Å². The molecule has 0 heterocycles. The molecule has 2 amide bonds. The number of benzene rings is 1. The summed E-state index contributed by atoms with van der Waals surface area (Å²) in [6.45, 7) is 4.70. The van der Waals surface area contributed by atoms with Gasteiger partial charge in [0.25, 0.3) is 0 Å². The highest BCUT2D eigenvalue weighted by molar-refractivity contribution is 6.27. The highest BCUT2D eigenvalue weighted by atomic mass is 35.5. The summed E-state index contributed by atoms with van der Waals surface area (Å²) in [5, 5.41) is 3.12. The van der Waals surface area contributed by atoms with E-state index in [9.17, 15) is 14.0 Å². The highest BCUT2D eigenvalue weighted by Crippen LogP contribution is 2.27. The summed E-state index contributed by atoms with van der Waals surface area (Å²) in [6, 6.07) is 5.12. The van der Waals surface area contributed by atoms with E-state index in [-0.39, 0.29) is 29.6 Å². The maximum Gasteiger partial charge on any atom is 0.247 e. The molecule has 1 atom stereocenters.